The number of aromatic nitrogens is 1. The Bertz CT molecular complexity index is 957. The molecule has 1 aliphatic carbocycles. The number of aliphatic hydroxyl groups is 3. The maximum atomic E-state index is 12.9. The van der Waals surface area contributed by atoms with Crippen molar-refractivity contribution in [3.8, 4) is 0 Å². The summed E-state index contributed by atoms with van der Waals surface area (Å²) < 4.78 is 0. The Morgan fingerprint density at radius 1 is 1.12 bits per heavy atom. The van der Waals surface area contributed by atoms with E-state index in [2.05, 4.69) is 15.6 Å². The second-order valence-corrected chi connectivity index (χ2v) is 7.94. The molecule has 170 valence electrons. The lowest BCUT2D eigenvalue weighted by Gasteiger charge is -2.41. The highest BCUT2D eigenvalue weighted by Gasteiger charge is 2.49. The summed E-state index contributed by atoms with van der Waals surface area (Å²) in [6.45, 7) is 0. The number of hydrogen-bond acceptors (Lipinski definition) is 7. The van der Waals surface area contributed by atoms with Crippen molar-refractivity contribution < 1.29 is 29.7 Å². The zero-order valence-electron chi connectivity index (χ0n) is 17.2. The smallest absolute Gasteiger partial charge is 0.253 e. The van der Waals surface area contributed by atoms with Gasteiger partial charge in [-0.2, -0.15) is 0 Å². The average Bonchev–Trinajstić information content (AvgIpc) is 2.77. The molecule has 0 aliphatic heterocycles. The lowest BCUT2D eigenvalue weighted by molar-refractivity contribution is -0.159. The van der Waals surface area contributed by atoms with Crippen molar-refractivity contribution in [3.63, 3.8) is 0 Å². The number of amides is 3. The van der Waals surface area contributed by atoms with Gasteiger partial charge in [0.25, 0.3) is 11.8 Å². The van der Waals surface area contributed by atoms with Crippen molar-refractivity contribution >= 4 is 17.7 Å². The van der Waals surface area contributed by atoms with Gasteiger partial charge < -0.3 is 31.7 Å². The van der Waals surface area contributed by atoms with Crippen molar-refractivity contribution in [1.82, 2.24) is 15.6 Å². The Hall–Kier alpha value is -3.34. The Labute approximate surface area is 184 Å². The van der Waals surface area contributed by atoms with Crippen LogP contribution in [-0.2, 0) is 16.0 Å². The van der Waals surface area contributed by atoms with Gasteiger partial charge in [0, 0.05) is 31.7 Å². The minimum absolute atomic E-state index is 0.115. The van der Waals surface area contributed by atoms with E-state index in [1.807, 2.05) is 0 Å². The third-order valence-corrected chi connectivity index (χ3v) is 5.51. The van der Waals surface area contributed by atoms with Gasteiger partial charge in [0.15, 0.2) is 0 Å². The maximum absolute atomic E-state index is 12.9. The van der Waals surface area contributed by atoms with Crippen molar-refractivity contribution in [2.45, 2.75) is 49.2 Å². The number of carbonyl (C=O) groups excluding carboxylic acids is 3. The van der Waals surface area contributed by atoms with Crippen molar-refractivity contribution in [2.24, 2.45) is 5.73 Å². The molecule has 0 saturated heterocycles. The first-order valence-corrected chi connectivity index (χ1v) is 10.1. The Kier molecular flexibility index (Phi) is 7.18. The van der Waals surface area contributed by atoms with Gasteiger partial charge in [0.05, 0.1) is 17.7 Å². The fourth-order valence-electron chi connectivity index (χ4n) is 3.74. The van der Waals surface area contributed by atoms with E-state index in [-0.39, 0.29) is 18.4 Å². The molecular weight excluding hydrogens is 416 g/mol. The van der Waals surface area contributed by atoms with Crippen LogP contribution in [0.2, 0.25) is 0 Å². The van der Waals surface area contributed by atoms with Gasteiger partial charge in [-0.25, -0.2) is 0 Å². The van der Waals surface area contributed by atoms with Gasteiger partial charge in [-0.15, -0.1) is 0 Å². The van der Waals surface area contributed by atoms with Crippen LogP contribution in [0.5, 0.6) is 0 Å². The Morgan fingerprint density at radius 3 is 2.47 bits per heavy atom. The van der Waals surface area contributed by atoms with Crippen LogP contribution in [-0.4, -0.2) is 67.9 Å². The van der Waals surface area contributed by atoms with Gasteiger partial charge >= 0.3 is 0 Å². The molecular formula is C22H26N4O6. The summed E-state index contributed by atoms with van der Waals surface area (Å²) in [6, 6.07) is 9.73. The van der Waals surface area contributed by atoms with E-state index in [0.717, 1.165) is 5.56 Å². The summed E-state index contributed by atoms with van der Waals surface area (Å²) >= 11 is 0. The van der Waals surface area contributed by atoms with E-state index in [1.165, 1.54) is 18.5 Å². The van der Waals surface area contributed by atoms with Crippen molar-refractivity contribution in [2.75, 3.05) is 0 Å². The van der Waals surface area contributed by atoms with E-state index < -0.39 is 54.0 Å². The van der Waals surface area contributed by atoms with Crippen LogP contribution in [0.4, 0.5) is 0 Å². The molecule has 1 saturated carbocycles. The highest BCUT2D eigenvalue weighted by Crippen LogP contribution is 2.30. The number of benzene rings is 1. The predicted octanol–water partition coefficient (Wildman–Crippen LogP) is -1.36. The molecule has 1 aliphatic rings. The summed E-state index contributed by atoms with van der Waals surface area (Å²) in [5.74, 6) is -2.30. The lowest BCUT2D eigenvalue weighted by Crippen LogP contribution is -2.64. The van der Waals surface area contributed by atoms with Crippen LogP contribution in [0, 0.1) is 0 Å². The summed E-state index contributed by atoms with van der Waals surface area (Å²) in [6.07, 6.45) is -0.815. The van der Waals surface area contributed by atoms with Crippen LogP contribution >= 0.6 is 0 Å². The molecule has 1 aromatic carbocycles. The molecule has 7 N–H and O–H groups in total. The molecule has 1 heterocycles. The third kappa shape index (κ3) is 5.47. The lowest BCUT2D eigenvalue weighted by atomic mass is 9.77. The van der Waals surface area contributed by atoms with E-state index in [9.17, 15) is 29.7 Å². The van der Waals surface area contributed by atoms with Gasteiger partial charge in [0.1, 0.15) is 17.7 Å². The minimum atomic E-state index is -2.14. The van der Waals surface area contributed by atoms with E-state index in [0.29, 0.717) is 0 Å². The van der Waals surface area contributed by atoms with Crippen LogP contribution < -0.4 is 16.4 Å². The number of primary amides is 1. The van der Waals surface area contributed by atoms with Gasteiger partial charge in [-0.05, 0) is 17.7 Å². The first-order valence-electron chi connectivity index (χ1n) is 10.1. The molecule has 10 heteroatoms. The molecule has 10 nitrogen and oxygen atoms in total. The molecule has 0 spiro atoms. The number of aliphatic hydroxyl groups excluding tert-OH is 2. The molecule has 5 atom stereocenters. The molecule has 3 amide bonds. The Morgan fingerprint density at radius 2 is 1.84 bits per heavy atom. The molecule has 2 aromatic rings. The second-order valence-electron chi connectivity index (χ2n) is 7.94. The summed E-state index contributed by atoms with van der Waals surface area (Å²) in [5.41, 5.74) is 4.25. The Balaban J connectivity index is 1.72. The second kappa shape index (κ2) is 9.86. The number of carbonyl (C=O) groups is 3. The van der Waals surface area contributed by atoms with Crippen molar-refractivity contribution in [3.05, 3.63) is 66.0 Å². The minimum Gasteiger partial charge on any atom is -0.390 e. The topological polar surface area (TPSA) is 175 Å². The first-order chi connectivity index (χ1) is 15.2. The van der Waals surface area contributed by atoms with Crippen LogP contribution in [0.3, 0.4) is 0 Å². The van der Waals surface area contributed by atoms with Crippen LogP contribution in [0.1, 0.15) is 28.8 Å². The number of nitrogens with one attached hydrogen (secondary N) is 2. The fraction of sp³-hybridized carbons (Fsp3) is 0.364. The third-order valence-electron chi connectivity index (χ3n) is 5.51. The first kappa shape index (κ1) is 23.3. The standard InChI is InChI=1S/C22H26N4O6/c23-19(29)15(9-13-5-2-1-3-6-13)26-21(31)22(32)10-16(18(28)17(27)11-22)25-20(30)14-7-4-8-24-12-14/h1-8,12,15-18,27-28,32H,9-11H2,(H2,23,29)(H,25,30)(H,26,31). The summed E-state index contributed by atoms with van der Waals surface area (Å²) in [4.78, 5) is 41.0. The molecule has 1 fully saturated rings. The van der Waals surface area contributed by atoms with Crippen molar-refractivity contribution in [1.29, 1.82) is 0 Å². The number of pyridine rings is 1. The van der Waals surface area contributed by atoms with E-state index >= 15 is 0 Å². The van der Waals surface area contributed by atoms with Gasteiger partial charge in [-0.1, -0.05) is 30.3 Å². The highest BCUT2D eigenvalue weighted by atomic mass is 16.3. The molecule has 3 rings (SSSR count). The number of hydrogen-bond donors (Lipinski definition) is 6. The van der Waals surface area contributed by atoms with Crippen LogP contribution in [0.25, 0.3) is 0 Å². The quantitative estimate of drug-likeness (QED) is 0.307. The predicted molar refractivity (Wildman–Crippen MR) is 113 cm³/mol. The summed E-state index contributed by atoms with van der Waals surface area (Å²) in [5, 5.41) is 36.5. The highest BCUT2D eigenvalue weighted by molar-refractivity contribution is 5.94. The zero-order valence-corrected chi connectivity index (χ0v) is 17.2. The van der Waals surface area contributed by atoms with Gasteiger partial charge in [0.2, 0.25) is 5.91 Å². The maximum Gasteiger partial charge on any atom is 0.253 e. The monoisotopic (exact) mass is 442 g/mol. The van der Waals surface area contributed by atoms with Gasteiger partial charge in [-0.3, -0.25) is 19.4 Å². The number of nitrogens with zero attached hydrogens (tertiary/aromatic N) is 1. The van der Waals surface area contributed by atoms with E-state index in [1.54, 1.807) is 36.4 Å². The molecule has 0 bridgehead atoms. The average molecular weight is 442 g/mol. The SMILES string of the molecule is NC(=O)C(Cc1ccccc1)NC(=O)C1(O)CC(O)C(O)C(NC(=O)c2cccnc2)C1. The van der Waals surface area contributed by atoms with Crippen LogP contribution in [0.15, 0.2) is 54.9 Å². The number of rotatable bonds is 7. The molecule has 32 heavy (non-hydrogen) atoms. The zero-order chi connectivity index (χ0) is 23.3. The fourth-order valence-corrected chi connectivity index (χ4v) is 3.74. The normalized spacial score (nSPS) is 26.0. The summed E-state index contributed by atoms with van der Waals surface area (Å²) in [7, 11) is 0. The molecule has 0 radical (unpaired) electrons. The van der Waals surface area contributed by atoms with E-state index in [4.69, 9.17) is 5.73 Å². The molecule has 5 unspecified atom stereocenters. The molecule has 1 aromatic heterocycles. The number of nitrogens with two attached hydrogens (primary N) is 1. The largest absolute Gasteiger partial charge is 0.390 e.